The van der Waals surface area contributed by atoms with Crippen LogP contribution in [0.5, 0.6) is 0 Å². The highest BCUT2D eigenvalue weighted by Crippen LogP contribution is 2.61. The second-order valence-electron chi connectivity index (χ2n) is 8.90. The van der Waals surface area contributed by atoms with Gasteiger partial charge in [-0.25, -0.2) is 0 Å². The minimum atomic E-state index is -1.02. The predicted molar refractivity (Wildman–Crippen MR) is 96.8 cm³/mol. The Morgan fingerprint density at radius 1 is 1.22 bits per heavy atom. The third kappa shape index (κ3) is 3.71. The molecule has 6 heteroatoms. The number of rotatable bonds is 5. The first-order chi connectivity index (χ1) is 12.7. The van der Waals surface area contributed by atoms with E-state index < -0.39 is 11.9 Å². The summed E-state index contributed by atoms with van der Waals surface area (Å²) in [6, 6.07) is 0. The molecule has 0 aromatic heterocycles. The maximum atomic E-state index is 12.8. The van der Waals surface area contributed by atoms with E-state index in [4.69, 9.17) is 9.84 Å². The van der Waals surface area contributed by atoms with Crippen LogP contribution in [0.4, 0.5) is 0 Å². The van der Waals surface area contributed by atoms with Gasteiger partial charge in [0.05, 0.1) is 19.4 Å². The number of esters is 1. The number of allylic oxidation sites excluding steroid dienone is 2. The smallest absolute Gasteiger partial charge is 0.306 e. The van der Waals surface area contributed by atoms with Crippen LogP contribution in [-0.2, 0) is 23.9 Å². The number of carboxylic acid groups (broad SMARTS) is 1. The van der Waals surface area contributed by atoms with Crippen molar-refractivity contribution in [2.75, 3.05) is 6.61 Å². The van der Waals surface area contributed by atoms with Crippen molar-refractivity contribution in [3.8, 4) is 0 Å². The first-order valence-electron chi connectivity index (χ1n) is 9.81. The molecule has 0 saturated heterocycles. The first kappa shape index (κ1) is 19.8. The number of Topliss-reactive ketones (excluding diaryl/α,β-unsaturated/α-hetero) is 1. The molecular formula is C21H28O6. The summed E-state index contributed by atoms with van der Waals surface area (Å²) in [4.78, 5) is 47.1. The fraction of sp³-hybridized carbons (Fsp3) is 0.714. The van der Waals surface area contributed by atoms with Crippen LogP contribution >= 0.6 is 0 Å². The molecule has 0 unspecified atom stereocenters. The van der Waals surface area contributed by atoms with E-state index in [1.807, 2.05) is 0 Å². The minimum Gasteiger partial charge on any atom is -0.481 e. The Morgan fingerprint density at radius 3 is 2.67 bits per heavy atom. The van der Waals surface area contributed by atoms with Crippen LogP contribution in [0.15, 0.2) is 11.6 Å². The molecule has 6 nitrogen and oxygen atoms in total. The zero-order valence-electron chi connectivity index (χ0n) is 16.1. The second kappa shape index (κ2) is 7.21. The minimum absolute atomic E-state index is 0.0441. The lowest BCUT2D eigenvalue weighted by Gasteiger charge is -2.58. The normalized spacial score (nSPS) is 35.7. The summed E-state index contributed by atoms with van der Waals surface area (Å²) in [6.07, 6.45) is 5.65. The maximum Gasteiger partial charge on any atom is 0.306 e. The molecule has 3 rings (SSSR count). The molecule has 0 radical (unpaired) electrons. The number of carbonyl (C=O) groups is 4. The van der Waals surface area contributed by atoms with Crippen LogP contribution in [0.1, 0.15) is 65.2 Å². The standard InChI is InChI=1S/C21H28O6/c1-20(12-27-19(26)7-6-18(24)25)8-3-9-21(2)15-5-4-13(22)10-14(15)16(23)11-17(20)21/h10,15,17H,3-9,11-12H2,1-2H3,(H,24,25)/t15-,17-,20-,21+/m0/s1. The lowest BCUT2D eigenvalue weighted by atomic mass is 9.46. The van der Waals surface area contributed by atoms with Crippen LogP contribution in [0.3, 0.4) is 0 Å². The number of carboxylic acids is 1. The molecule has 3 aliphatic rings. The summed E-state index contributed by atoms with van der Waals surface area (Å²) in [5.41, 5.74) is 0.308. The van der Waals surface area contributed by atoms with Crippen molar-refractivity contribution >= 4 is 23.5 Å². The number of ether oxygens (including phenoxy) is 1. The van der Waals surface area contributed by atoms with Gasteiger partial charge in [-0.2, -0.15) is 0 Å². The van der Waals surface area contributed by atoms with Gasteiger partial charge in [-0.15, -0.1) is 0 Å². The average Bonchev–Trinajstić information content (AvgIpc) is 2.60. The van der Waals surface area contributed by atoms with Gasteiger partial charge in [0.1, 0.15) is 0 Å². The van der Waals surface area contributed by atoms with Gasteiger partial charge in [0.25, 0.3) is 0 Å². The van der Waals surface area contributed by atoms with Crippen molar-refractivity contribution in [1.29, 1.82) is 0 Å². The summed E-state index contributed by atoms with van der Waals surface area (Å²) in [5.74, 6) is -1.23. The van der Waals surface area contributed by atoms with E-state index >= 15 is 0 Å². The molecule has 0 heterocycles. The molecule has 3 aliphatic carbocycles. The van der Waals surface area contributed by atoms with Crippen LogP contribution in [0.2, 0.25) is 0 Å². The Kier molecular flexibility index (Phi) is 5.28. The number of fused-ring (bicyclic) bond motifs is 3. The van der Waals surface area contributed by atoms with E-state index in [2.05, 4.69) is 13.8 Å². The third-order valence-corrected chi connectivity index (χ3v) is 7.09. The highest BCUT2D eigenvalue weighted by Gasteiger charge is 2.57. The number of ketones is 2. The Labute approximate surface area is 159 Å². The van der Waals surface area contributed by atoms with Crippen molar-refractivity contribution in [3.05, 3.63) is 11.6 Å². The fourth-order valence-corrected chi connectivity index (χ4v) is 5.66. The molecule has 4 atom stereocenters. The Hall–Kier alpha value is -1.98. The molecule has 0 aromatic rings. The number of hydrogen-bond acceptors (Lipinski definition) is 5. The van der Waals surface area contributed by atoms with Crippen LogP contribution < -0.4 is 0 Å². The summed E-state index contributed by atoms with van der Waals surface area (Å²) in [5, 5.41) is 8.70. The predicted octanol–water partition coefficient (Wildman–Crippen LogP) is 3.09. The number of aliphatic carboxylic acids is 1. The summed E-state index contributed by atoms with van der Waals surface area (Å²) in [6.45, 7) is 4.52. The highest BCUT2D eigenvalue weighted by atomic mass is 16.5. The molecule has 0 spiro atoms. The van der Waals surface area contributed by atoms with Crippen LogP contribution in [0.25, 0.3) is 0 Å². The molecule has 0 aromatic carbocycles. The monoisotopic (exact) mass is 376 g/mol. The Balaban J connectivity index is 1.78. The lowest BCUT2D eigenvalue weighted by Crippen LogP contribution is -2.55. The van der Waals surface area contributed by atoms with Crippen LogP contribution in [0, 0.1) is 22.7 Å². The zero-order chi connectivity index (χ0) is 19.8. The van der Waals surface area contributed by atoms with E-state index in [1.54, 1.807) is 6.08 Å². The Bertz CT molecular complexity index is 707. The molecular weight excluding hydrogens is 348 g/mol. The zero-order valence-corrected chi connectivity index (χ0v) is 16.1. The second-order valence-corrected chi connectivity index (χ2v) is 8.90. The van der Waals surface area contributed by atoms with Crippen molar-refractivity contribution < 1.29 is 29.0 Å². The van der Waals surface area contributed by atoms with Crippen molar-refractivity contribution in [1.82, 2.24) is 0 Å². The summed E-state index contributed by atoms with van der Waals surface area (Å²) < 4.78 is 5.43. The van der Waals surface area contributed by atoms with Gasteiger partial charge in [0.2, 0.25) is 0 Å². The van der Waals surface area contributed by atoms with Crippen molar-refractivity contribution in [2.24, 2.45) is 22.7 Å². The Morgan fingerprint density at radius 2 is 1.96 bits per heavy atom. The number of hydrogen-bond donors (Lipinski definition) is 1. The van der Waals surface area contributed by atoms with Gasteiger partial charge in [-0.1, -0.05) is 20.3 Å². The topological polar surface area (TPSA) is 97.7 Å². The summed E-state index contributed by atoms with van der Waals surface area (Å²) in [7, 11) is 0. The van der Waals surface area contributed by atoms with E-state index in [-0.39, 0.29) is 53.7 Å². The molecule has 27 heavy (non-hydrogen) atoms. The first-order valence-corrected chi connectivity index (χ1v) is 9.81. The highest BCUT2D eigenvalue weighted by molar-refractivity contribution is 6.05. The van der Waals surface area contributed by atoms with Crippen LogP contribution in [-0.4, -0.2) is 35.2 Å². The van der Waals surface area contributed by atoms with E-state index in [0.29, 0.717) is 18.4 Å². The molecule has 0 aliphatic heterocycles. The SMILES string of the molecule is C[C@@]1(COC(=O)CCC(=O)O)CCC[C@]2(C)[C@H]3CCC(=O)C=C3C(=O)C[C@@H]12. The van der Waals surface area contributed by atoms with Crippen molar-refractivity contribution in [3.63, 3.8) is 0 Å². The molecule has 0 bridgehead atoms. The molecule has 0 amide bonds. The largest absolute Gasteiger partial charge is 0.481 e. The summed E-state index contributed by atoms with van der Waals surface area (Å²) >= 11 is 0. The van der Waals surface area contributed by atoms with E-state index in [1.165, 1.54) is 0 Å². The fourth-order valence-electron chi connectivity index (χ4n) is 5.66. The maximum absolute atomic E-state index is 12.8. The molecule has 148 valence electrons. The van der Waals surface area contributed by atoms with Gasteiger partial charge in [0, 0.05) is 23.8 Å². The van der Waals surface area contributed by atoms with E-state index in [9.17, 15) is 19.2 Å². The lowest BCUT2D eigenvalue weighted by molar-refractivity contribution is -0.159. The average molecular weight is 376 g/mol. The van der Waals surface area contributed by atoms with Gasteiger partial charge < -0.3 is 9.84 Å². The molecule has 1 N–H and O–H groups in total. The third-order valence-electron chi connectivity index (χ3n) is 7.09. The van der Waals surface area contributed by atoms with Crippen molar-refractivity contribution in [2.45, 2.75) is 65.2 Å². The van der Waals surface area contributed by atoms with E-state index in [0.717, 1.165) is 25.7 Å². The quantitative estimate of drug-likeness (QED) is 0.741. The van der Waals surface area contributed by atoms with Gasteiger partial charge >= 0.3 is 11.9 Å². The molecule has 2 saturated carbocycles. The van der Waals surface area contributed by atoms with Gasteiger partial charge in [-0.05, 0) is 42.6 Å². The van der Waals surface area contributed by atoms with Gasteiger partial charge in [-0.3, -0.25) is 19.2 Å². The molecule has 2 fully saturated rings. The number of carbonyl (C=O) groups excluding carboxylic acids is 3. The van der Waals surface area contributed by atoms with Gasteiger partial charge in [0.15, 0.2) is 11.6 Å².